The van der Waals surface area contributed by atoms with Gasteiger partial charge in [-0.25, -0.2) is 0 Å². The predicted molar refractivity (Wildman–Crippen MR) is 58.1 cm³/mol. The first-order valence-electron chi connectivity index (χ1n) is 5.08. The van der Waals surface area contributed by atoms with Crippen molar-refractivity contribution in [2.24, 2.45) is 0 Å². The Labute approximate surface area is 94.1 Å². The lowest BCUT2D eigenvalue weighted by Gasteiger charge is -2.24. The number of rotatable bonds is 2. The normalized spacial score (nSPS) is 19.2. The molecular weight excluding hydrogens is 208 g/mol. The minimum atomic E-state index is -0.423. The number of benzene rings is 1. The third kappa shape index (κ3) is 1.55. The van der Waals surface area contributed by atoms with Crippen LogP contribution in [0.1, 0.15) is 22.8 Å². The van der Waals surface area contributed by atoms with Gasteiger partial charge in [0.05, 0.1) is 26.4 Å². The van der Waals surface area contributed by atoms with Gasteiger partial charge < -0.3 is 14.2 Å². The highest BCUT2D eigenvalue weighted by molar-refractivity contribution is 6.04. The summed E-state index contributed by atoms with van der Waals surface area (Å²) in [6.07, 6.45) is -0.423. The topological polar surface area (TPSA) is 44.8 Å². The lowest BCUT2D eigenvalue weighted by molar-refractivity contribution is 0.0323. The number of methoxy groups -OCH3 is 2. The van der Waals surface area contributed by atoms with Gasteiger partial charge in [0.1, 0.15) is 17.6 Å². The molecule has 1 unspecified atom stereocenters. The molecule has 1 aromatic rings. The van der Waals surface area contributed by atoms with Crippen LogP contribution in [0.3, 0.4) is 0 Å². The summed E-state index contributed by atoms with van der Waals surface area (Å²) in [5.74, 6) is 1.18. The van der Waals surface area contributed by atoms with Crippen LogP contribution in [0.15, 0.2) is 12.1 Å². The molecule has 4 heteroatoms. The average Bonchev–Trinajstić information content (AvgIpc) is 2.32. The molecule has 0 fully saturated rings. The second-order valence-electron chi connectivity index (χ2n) is 3.64. The molecule has 1 aromatic carbocycles. The molecule has 1 atom stereocenters. The maximum atomic E-state index is 12.0. The lowest BCUT2D eigenvalue weighted by Crippen LogP contribution is -2.28. The van der Waals surface area contributed by atoms with Gasteiger partial charge in [0.15, 0.2) is 5.78 Å². The molecule has 0 saturated carbocycles. The number of carbonyl (C=O) groups excluding carboxylic acids is 1. The highest BCUT2D eigenvalue weighted by Gasteiger charge is 2.30. The van der Waals surface area contributed by atoms with Crippen LogP contribution in [0, 0.1) is 0 Å². The highest BCUT2D eigenvalue weighted by atomic mass is 16.5. The minimum absolute atomic E-state index is 0.0583. The summed E-state index contributed by atoms with van der Waals surface area (Å²) >= 11 is 0. The number of fused-ring (bicyclic) bond motifs is 1. The molecule has 0 spiro atoms. The molecule has 16 heavy (non-hydrogen) atoms. The maximum Gasteiger partial charge on any atom is 0.195 e. The molecule has 1 aliphatic heterocycles. The molecule has 0 saturated heterocycles. The molecule has 0 aromatic heterocycles. The van der Waals surface area contributed by atoms with E-state index in [1.165, 1.54) is 0 Å². The van der Waals surface area contributed by atoms with Crippen molar-refractivity contribution in [1.29, 1.82) is 0 Å². The summed E-state index contributed by atoms with van der Waals surface area (Å²) in [5, 5.41) is 0. The van der Waals surface area contributed by atoms with E-state index in [0.29, 0.717) is 23.7 Å². The zero-order valence-electron chi connectivity index (χ0n) is 9.57. The fourth-order valence-electron chi connectivity index (χ4n) is 1.87. The smallest absolute Gasteiger partial charge is 0.195 e. The largest absolute Gasteiger partial charge is 0.496 e. The van der Waals surface area contributed by atoms with Gasteiger partial charge in [-0.3, -0.25) is 4.79 Å². The Balaban J connectivity index is 2.61. The number of hydrogen-bond acceptors (Lipinski definition) is 4. The summed E-state index contributed by atoms with van der Waals surface area (Å²) < 4.78 is 15.8. The Hall–Kier alpha value is -1.55. The molecule has 86 valence electrons. The summed E-state index contributed by atoms with van der Waals surface area (Å²) in [6.45, 7) is 2.12. The van der Waals surface area contributed by atoms with Gasteiger partial charge >= 0.3 is 0 Å². The van der Waals surface area contributed by atoms with Crippen molar-refractivity contribution >= 4 is 5.78 Å². The van der Waals surface area contributed by atoms with Gasteiger partial charge in [-0.2, -0.15) is 0 Å². The number of ether oxygens (including phenoxy) is 3. The zero-order chi connectivity index (χ0) is 11.7. The van der Waals surface area contributed by atoms with Gasteiger partial charge in [0, 0.05) is 5.56 Å². The van der Waals surface area contributed by atoms with E-state index in [4.69, 9.17) is 14.2 Å². The van der Waals surface area contributed by atoms with Crippen LogP contribution in [0.2, 0.25) is 0 Å². The summed E-state index contributed by atoms with van der Waals surface area (Å²) in [6, 6.07) is 3.53. The van der Waals surface area contributed by atoms with E-state index in [1.54, 1.807) is 33.3 Å². The van der Waals surface area contributed by atoms with Crippen LogP contribution in [0.25, 0.3) is 0 Å². The Bertz CT molecular complexity index is 425. The fraction of sp³-hybridized carbons (Fsp3) is 0.417. The first-order chi connectivity index (χ1) is 7.69. The van der Waals surface area contributed by atoms with E-state index >= 15 is 0 Å². The fourth-order valence-corrected chi connectivity index (χ4v) is 1.87. The SMILES string of the molecule is COc1ccc(OC)c2c1COC(C)C2=O. The van der Waals surface area contributed by atoms with Crippen molar-refractivity contribution in [2.75, 3.05) is 14.2 Å². The van der Waals surface area contributed by atoms with E-state index < -0.39 is 6.10 Å². The third-order valence-electron chi connectivity index (χ3n) is 2.76. The molecule has 0 aliphatic carbocycles. The zero-order valence-corrected chi connectivity index (χ0v) is 9.57. The first kappa shape index (κ1) is 11.0. The van der Waals surface area contributed by atoms with Gasteiger partial charge in [-0.1, -0.05) is 0 Å². The molecule has 0 N–H and O–H groups in total. The van der Waals surface area contributed by atoms with E-state index in [9.17, 15) is 4.79 Å². The van der Waals surface area contributed by atoms with Crippen LogP contribution < -0.4 is 9.47 Å². The summed E-state index contributed by atoms with van der Waals surface area (Å²) in [5.41, 5.74) is 1.35. The average molecular weight is 222 g/mol. The number of hydrogen-bond donors (Lipinski definition) is 0. The Kier molecular flexibility index (Phi) is 2.83. The maximum absolute atomic E-state index is 12.0. The third-order valence-corrected chi connectivity index (χ3v) is 2.76. The van der Waals surface area contributed by atoms with Gasteiger partial charge in [0.25, 0.3) is 0 Å². The summed E-state index contributed by atoms with van der Waals surface area (Å²) in [4.78, 5) is 12.0. The van der Waals surface area contributed by atoms with Crippen molar-refractivity contribution in [3.8, 4) is 11.5 Å². The van der Waals surface area contributed by atoms with Crippen LogP contribution >= 0.6 is 0 Å². The number of Topliss-reactive ketones (excluding diaryl/α,β-unsaturated/α-hetero) is 1. The number of carbonyl (C=O) groups is 1. The van der Waals surface area contributed by atoms with Crippen molar-refractivity contribution in [1.82, 2.24) is 0 Å². The predicted octanol–water partition coefficient (Wildman–Crippen LogP) is 1.81. The Morgan fingerprint density at radius 1 is 1.25 bits per heavy atom. The van der Waals surface area contributed by atoms with Crippen LogP contribution in [0.5, 0.6) is 11.5 Å². The van der Waals surface area contributed by atoms with Crippen molar-refractivity contribution in [3.05, 3.63) is 23.3 Å². The summed E-state index contributed by atoms with van der Waals surface area (Å²) in [7, 11) is 3.13. The second kappa shape index (κ2) is 4.14. The Morgan fingerprint density at radius 3 is 2.50 bits per heavy atom. The van der Waals surface area contributed by atoms with E-state index in [1.807, 2.05) is 0 Å². The molecule has 1 aliphatic rings. The Morgan fingerprint density at radius 2 is 1.88 bits per heavy atom. The highest BCUT2D eigenvalue weighted by Crippen LogP contribution is 2.35. The van der Waals surface area contributed by atoms with Gasteiger partial charge in [-0.05, 0) is 19.1 Å². The van der Waals surface area contributed by atoms with E-state index in [-0.39, 0.29) is 5.78 Å². The van der Waals surface area contributed by atoms with Crippen LogP contribution in [-0.4, -0.2) is 26.1 Å². The molecule has 4 nitrogen and oxygen atoms in total. The first-order valence-corrected chi connectivity index (χ1v) is 5.08. The van der Waals surface area contributed by atoms with Gasteiger partial charge in [0.2, 0.25) is 0 Å². The quantitative estimate of drug-likeness (QED) is 0.765. The molecule has 2 rings (SSSR count). The second-order valence-corrected chi connectivity index (χ2v) is 3.64. The standard InChI is InChI=1S/C12H14O4/c1-7-12(13)11-8(6-16-7)9(14-2)4-5-10(11)15-3/h4-5,7H,6H2,1-3H3. The molecule has 1 heterocycles. The monoisotopic (exact) mass is 222 g/mol. The molecule has 0 bridgehead atoms. The van der Waals surface area contributed by atoms with Crippen molar-refractivity contribution in [3.63, 3.8) is 0 Å². The van der Waals surface area contributed by atoms with Crippen LogP contribution in [0.4, 0.5) is 0 Å². The molecule has 0 amide bonds. The molecular formula is C12H14O4. The van der Waals surface area contributed by atoms with E-state index in [2.05, 4.69) is 0 Å². The van der Waals surface area contributed by atoms with Crippen LogP contribution in [-0.2, 0) is 11.3 Å². The van der Waals surface area contributed by atoms with Crippen molar-refractivity contribution < 1.29 is 19.0 Å². The van der Waals surface area contributed by atoms with Gasteiger partial charge in [-0.15, -0.1) is 0 Å². The number of ketones is 1. The molecule has 0 radical (unpaired) electrons. The van der Waals surface area contributed by atoms with Crippen molar-refractivity contribution in [2.45, 2.75) is 19.6 Å². The lowest BCUT2D eigenvalue weighted by atomic mass is 9.96. The van der Waals surface area contributed by atoms with E-state index in [0.717, 1.165) is 5.56 Å². The minimum Gasteiger partial charge on any atom is -0.496 e.